The molecule has 0 aliphatic carbocycles. The van der Waals surface area contributed by atoms with Crippen molar-refractivity contribution >= 4 is 12.2 Å². The fourth-order valence-electron chi connectivity index (χ4n) is 3.50. The maximum Gasteiger partial charge on any atom is 0.260 e. The molecule has 6 heteroatoms. The first-order chi connectivity index (χ1) is 13.5. The third kappa shape index (κ3) is 4.95. The van der Waals surface area contributed by atoms with Crippen LogP contribution in [0.1, 0.15) is 29.8 Å². The first-order valence-electron chi connectivity index (χ1n) is 9.42. The Bertz CT molecular complexity index is 825. The molecule has 0 aromatic heterocycles. The van der Waals surface area contributed by atoms with Crippen LogP contribution < -0.4 is 4.74 Å². The van der Waals surface area contributed by atoms with Crippen molar-refractivity contribution in [3.8, 4) is 5.75 Å². The zero-order valence-corrected chi connectivity index (χ0v) is 16.2. The Balaban J connectivity index is 1.56. The lowest BCUT2D eigenvalue weighted by molar-refractivity contribution is -0.139. The van der Waals surface area contributed by atoms with E-state index >= 15 is 0 Å². The van der Waals surface area contributed by atoms with E-state index in [9.17, 15) is 14.0 Å². The molecule has 1 saturated heterocycles. The summed E-state index contributed by atoms with van der Waals surface area (Å²) in [6.07, 6.45) is 0.749. The predicted octanol–water partition coefficient (Wildman–Crippen LogP) is 3.14. The van der Waals surface area contributed by atoms with Crippen molar-refractivity contribution in [2.45, 2.75) is 32.5 Å². The van der Waals surface area contributed by atoms with Gasteiger partial charge in [0.05, 0.1) is 0 Å². The molecule has 0 bridgehead atoms. The lowest BCUT2D eigenvalue weighted by Gasteiger charge is -2.44. The summed E-state index contributed by atoms with van der Waals surface area (Å²) in [6, 6.07) is 13.5. The first kappa shape index (κ1) is 20.0. The number of amides is 1. The minimum absolute atomic E-state index is 0.0501. The second-order valence-corrected chi connectivity index (χ2v) is 7.28. The standard InChI is InChI=1S/C22H25FN2O3/c1-16-12-25(22(27)15-28-21-5-3-4-19(10-21)14-26)17(2)11-24(16)13-18-6-8-20(23)9-7-18/h3-10,14,16-17H,11-13,15H2,1-2H3. The molecule has 0 radical (unpaired) electrons. The summed E-state index contributed by atoms with van der Waals surface area (Å²) in [5.74, 6) is 0.199. The van der Waals surface area contributed by atoms with Gasteiger partial charge in [0.2, 0.25) is 0 Å². The molecule has 2 unspecified atom stereocenters. The van der Waals surface area contributed by atoms with Crippen LogP contribution in [-0.4, -0.2) is 53.8 Å². The third-order valence-electron chi connectivity index (χ3n) is 5.09. The van der Waals surface area contributed by atoms with Gasteiger partial charge in [-0.15, -0.1) is 0 Å². The molecule has 0 N–H and O–H groups in total. The number of rotatable bonds is 6. The molecule has 1 amide bonds. The van der Waals surface area contributed by atoms with Gasteiger partial charge in [0, 0.05) is 37.3 Å². The van der Waals surface area contributed by atoms with Gasteiger partial charge in [-0.3, -0.25) is 14.5 Å². The average Bonchev–Trinajstić information content (AvgIpc) is 2.70. The van der Waals surface area contributed by atoms with Crippen molar-refractivity contribution in [1.82, 2.24) is 9.80 Å². The maximum atomic E-state index is 13.1. The molecule has 1 aliphatic rings. The van der Waals surface area contributed by atoms with E-state index in [1.165, 1.54) is 12.1 Å². The van der Waals surface area contributed by atoms with Gasteiger partial charge in [0.25, 0.3) is 5.91 Å². The summed E-state index contributed by atoms with van der Waals surface area (Å²) in [5.41, 5.74) is 1.57. The van der Waals surface area contributed by atoms with Crippen molar-refractivity contribution in [2.24, 2.45) is 0 Å². The summed E-state index contributed by atoms with van der Waals surface area (Å²) in [7, 11) is 0. The van der Waals surface area contributed by atoms with E-state index in [1.807, 2.05) is 11.8 Å². The van der Waals surface area contributed by atoms with Gasteiger partial charge < -0.3 is 9.64 Å². The second-order valence-electron chi connectivity index (χ2n) is 7.28. The summed E-state index contributed by atoms with van der Waals surface area (Å²) >= 11 is 0. The minimum atomic E-state index is -0.237. The lowest BCUT2D eigenvalue weighted by Crippen LogP contribution is -2.58. The van der Waals surface area contributed by atoms with Gasteiger partial charge in [0.15, 0.2) is 6.61 Å². The summed E-state index contributed by atoms with van der Waals surface area (Å²) in [6.45, 7) is 6.13. The van der Waals surface area contributed by atoms with Crippen molar-refractivity contribution in [3.63, 3.8) is 0 Å². The molecular formula is C22H25FN2O3. The number of aldehydes is 1. The fourth-order valence-corrected chi connectivity index (χ4v) is 3.50. The molecule has 1 fully saturated rings. The van der Waals surface area contributed by atoms with Crippen LogP contribution in [0.4, 0.5) is 4.39 Å². The average molecular weight is 384 g/mol. The molecule has 1 aliphatic heterocycles. The highest BCUT2D eigenvalue weighted by Crippen LogP contribution is 2.19. The first-order valence-corrected chi connectivity index (χ1v) is 9.42. The SMILES string of the molecule is CC1CN(C(=O)COc2cccc(C=O)c2)C(C)CN1Cc1ccc(F)cc1. The highest BCUT2D eigenvalue weighted by Gasteiger charge is 2.32. The molecule has 2 aromatic rings. The van der Waals surface area contributed by atoms with Crippen molar-refractivity contribution in [1.29, 1.82) is 0 Å². The van der Waals surface area contributed by atoms with Crippen molar-refractivity contribution < 1.29 is 18.7 Å². The van der Waals surface area contributed by atoms with Crippen LogP contribution in [0.2, 0.25) is 0 Å². The van der Waals surface area contributed by atoms with Gasteiger partial charge >= 0.3 is 0 Å². The van der Waals surface area contributed by atoms with Crippen LogP contribution in [0.15, 0.2) is 48.5 Å². The van der Waals surface area contributed by atoms with E-state index < -0.39 is 0 Å². The molecule has 2 atom stereocenters. The number of halogens is 1. The number of ether oxygens (including phenoxy) is 1. The normalized spacial score (nSPS) is 20.0. The number of carbonyl (C=O) groups excluding carboxylic acids is 2. The summed E-state index contributed by atoms with van der Waals surface area (Å²) in [4.78, 5) is 27.6. The highest BCUT2D eigenvalue weighted by atomic mass is 19.1. The van der Waals surface area contributed by atoms with Crippen LogP contribution in [-0.2, 0) is 11.3 Å². The summed E-state index contributed by atoms with van der Waals surface area (Å²) < 4.78 is 18.7. The number of hydrogen-bond acceptors (Lipinski definition) is 4. The van der Waals surface area contributed by atoms with Crippen LogP contribution >= 0.6 is 0 Å². The number of piperazine rings is 1. The van der Waals surface area contributed by atoms with Gasteiger partial charge in [-0.25, -0.2) is 4.39 Å². The van der Waals surface area contributed by atoms with Gasteiger partial charge in [-0.2, -0.15) is 0 Å². The summed E-state index contributed by atoms with van der Waals surface area (Å²) in [5, 5.41) is 0. The number of hydrogen-bond donors (Lipinski definition) is 0. The van der Waals surface area contributed by atoms with E-state index in [-0.39, 0.29) is 30.4 Å². The molecule has 5 nitrogen and oxygen atoms in total. The predicted molar refractivity (Wildman–Crippen MR) is 105 cm³/mol. The lowest BCUT2D eigenvalue weighted by atomic mass is 10.1. The van der Waals surface area contributed by atoms with Crippen LogP contribution in [0.3, 0.4) is 0 Å². The highest BCUT2D eigenvalue weighted by molar-refractivity contribution is 5.78. The quantitative estimate of drug-likeness (QED) is 0.718. The van der Waals surface area contributed by atoms with E-state index in [2.05, 4.69) is 11.8 Å². The molecule has 0 spiro atoms. The fraction of sp³-hybridized carbons (Fsp3) is 0.364. The molecule has 3 rings (SSSR count). The topological polar surface area (TPSA) is 49.9 Å². The van der Waals surface area contributed by atoms with Crippen molar-refractivity contribution in [2.75, 3.05) is 19.7 Å². The Kier molecular flexibility index (Phi) is 6.41. The van der Waals surface area contributed by atoms with Gasteiger partial charge in [-0.1, -0.05) is 24.3 Å². The maximum absolute atomic E-state index is 13.1. The Labute approximate surface area is 164 Å². The molecule has 0 saturated carbocycles. The van der Waals surface area contributed by atoms with Crippen LogP contribution in [0, 0.1) is 5.82 Å². The zero-order chi connectivity index (χ0) is 20.1. The minimum Gasteiger partial charge on any atom is -0.484 e. The van der Waals surface area contributed by atoms with Crippen LogP contribution in [0.25, 0.3) is 0 Å². The zero-order valence-electron chi connectivity index (χ0n) is 16.2. The Morgan fingerprint density at radius 2 is 1.89 bits per heavy atom. The monoisotopic (exact) mass is 384 g/mol. The van der Waals surface area contributed by atoms with Crippen LogP contribution in [0.5, 0.6) is 5.75 Å². The molecular weight excluding hydrogens is 359 g/mol. The van der Waals surface area contributed by atoms with Gasteiger partial charge in [0.1, 0.15) is 17.9 Å². The number of carbonyl (C=O) groups is 2. The third-order valence-corrected chi connectivity index (χ3v) is 5.09. The molecule has 148 valence electrons. The van der Waals surface area contributed by atoms with E-state index in [1.54, 1.807) is 36.4 Å². The smallest absolute Gasteiger partial charge is 0.260 e. The Hall–Kier alpha value is -2.73. The van der Waals surface area contributed by atoms with E-state index in [0.717, 1.165) is 24.9 Å². The Morgan fingerprint density at radius 3 is 2.61 bits per heavy atom. The van der Waals surface area contributed by atoms with Crippen molar-refractivity contribution in [3.05, 3.63) is 65.5 Å². The second kappa shape index (κ2) is 8.97. The molecule has 1 heterocycles. The largest absolute Gasteiger partial charge is 0.484 e. The Morgan fingerprint density at radius 1 is 1.14 bits per heavy atom. The number of benzene rings is 2. The van der Waals surface area contributed by atoms with Gasteiger partial charge in [-0.05, 0) is 43.7 Å². The molecule has 2 aromatic carbocycles. The van der Waals surface area contributed by atoms with E-state index in [0.29, 0.717) is 17.9 Å². The molecule has 28 heavy (non-hydrogen) atoms. The van der Waals surface area contributed by atoms with E-state index in [4.69, 9.17) is 4.74 Å². The number of nitrogens with zero attached hydrogens (tertiary/aromatic N) is 2.